The minimum absolute atomic E-state index is 0.0160. The van der Waals surface area contributed by atoms with E-state index in [1.807, 2.05) is 6.92 Å². The summed E-state index contributed by atoms with van der Waals surface area (Å²) >= 11 is 0. The molecule has 0 unspecified atom stereocenters. The van der Waals surface area contributed by atoms with Crippen LogP contribution in [0.15, 0.2) is 18.2 Å². The molecule has 0 saturated carbocycles. The summed E-state index contributed by atoms with van der Waals surface area (Å²) in [5.41, 5.74) is 1.37. The molecule has 2 rings (SSSR count). The van der Waals surface area contributed by atoms with Crippen molar-refractivity contribution in [1.82, 2.24) is 5.32 Å². The zero-order valence-corrected chi connectivity index (χ0v) is 11.8. The fraction of sp³-hybridized carbons (Fsp3) is 0.533. The van der Waals surface area contributed by atoms with E-state index in [1.54, 1.807) is 18.2 Å². The number of nitrogens with one attached hydrogen (secondary N) is 2. The molecule has 1 aromatic rings. The second-order valence-electron chi connectivity index (χ2n) is 4.91. The normalized spacial score (nSPS) is 18.6. The zero-order valence-electron chi connectivity index (χ0n) is 11.8. The summed E-state index contributed by atoms with van der Waals surface area (Å²) < 4.78 is 5.42. The molecule has 0 radical (unpaired) electrons. The standard InChI is InChI=1S/C15H22N2O3/c1-2-20-14-7-6-12(9-11(14)10-18)17-15(19)13-5-3-4-8-16-13/h6-7,9,13,16,18H,2-5,8,10H2,1H3,(H,17,19)/t13-/m1/s1. The fourth-order valence-corrected chi connectivity index (χ4v) is 2.38. The van der Waals surface area contributed by atoms with Gasteiger partial charge in [0, 0.05) is 11.3 Å². The molecule has 1 fully saturated rings. The van der Waals surface area contributed by atoms with Crippen molar-refractivity contribution < 1.29 is 14.6 Å². The van der Waals surface area contributed by atoms with Crippen molar-refractivity contribution in [3.05, 3.63) is 23.8 Å². The molecule has 5 nitrogen and oxygen atoms in total. The van der Waals surface area contributed by atoms with Gasteiger partial charge in [0.2, 0.25) is 5.91 Å². The van der Waals surface area contributed by atoms with Crippen molar-refractivity contribution in [3.63, 3.8) is 0 Å². The Balaban J connectivity index is 2.03. The molecule has 1 heterocycles. The first-order chi connectivity index (χ1) is 9.74. The first-order valence-corrected chi connectivity index (χ1v) is 7.15. The van der Waals surface area contributed by atoms with Crippen LogP contribution in [0.5, 0.6) is 5.75 Å². The number of aliphatic hydroxyl groups is 1. The molecule has 0 aliphatic carbocycles. The van der Waals surface area contributed by atoms with Crippen LogP contribution >= 0.6 is 0 Å². The maximum absolute atomic E-state index is 12.1. The number of piperidine rings is 1. The SMILES string of the molecule is CCOc1ccc(NC(=O)[C@H]2CCCCN2)cc1CO. The number of rotatable bonds is 5. The average Bonchev–Trinajstić information content (AvgIpc) is 2.50. The summed E-state index contributed by atoms with van der Waals surface area (Å²) in [6.45, 7) is 3.22. The highest BCUT2D eigenvalue weighted by molar-refractivity contribution is 5.95. The first-order valence-electron chi connectivity index (χ1n) is 7.15. The van der Waals surface area contributed by atoms with Gasteiger partial charge in [0.05, 0.1) is 19.3 Å². The summed E-state index contributed by atoms with van der Waals surface area (Å²) in [5.74, 6) is 0.640. The molecule has 1 aromatic carbocycles. The van der Waals surface area contributed by atoms with Gasteiger partial charge >= 0.3 is 0 Å². The van der Waals surface area contributed by atoms with Gasteiger partial charge in [-0.15, -0.1) is 0 Å². The van der Waals surface area contributed by atoms with E-state index < -0.39 is 0 Å². The molecule has 1 aliphatic heterocycles. The molecule has 110 valence electrons. The topological polar surface area (TPSA) is 70.6 Å². The number of aliphatic hydroxyl groups excluding tert-OH is 1. The second-order valence-corrected chi connectivity index (χ2v) is 4.91. The quantitative estimate of drug-likeness (QED) is 0.766. The lowest BCUT2D eigenvalue weighted by atomic mass is 10.0. The summed E-state index contributed by atoms with van der Waals surface area (Å²) in [4.78, 5) is 12.1. The highest BCUT2D eigenvalue weighted by Crippen LogP contribution is 2.23. The Morgan fingerprint density at radius 2 is 2.35 bits per heavy atom. The monoisotopic (exact) mass is 278 g/mol. The van der Waals surface area contributed by atoms with E-state index in [9.17, 15) is 9.90 Å². The molecule has 1 amide bonds. The smallest absolute Gasteiger partial charge is 0.241 e. The van der Waals surface area contributed by atoms with E-state index in [0.29, 0.717) is 23.6 Å². The second kappa shape index (κ2) is 7.26. The molecule has 3 N–H and O–H groups in total. The van der Waals surface area contributed by atoms with Gasteiger partial charge in [0.1, 0.15) is 5.75 Å². The van der Waals surface area contributed by atoms with Crippen LogP contribution in [-0.2, 0) is 11.4 Å². The number of carbonyl (C=O) groups excluding carboxylic acids is 1. The Bertz CT molecular complexity index is 456. The largest absolute Gasteiger partial charge is 0.494 e. The van der Waals surface area contributed by atoms with E-state index >= 15 is 0 Å². The lowest BCUT2D eigenvalue weighted by Crippen LogP contribution is -2.43. The predicted molar refractivity (Wildman–Crippen MR) is 77.8 cm³/mol. The minimum atomic E-state index is -0.118. The van der Waals surface area contributed by atoms with Gasteiger partial charge in [-0.3, -0.25) is 4.79 Å². The van der Waals surface area contributed by atoms with Crippen LogP contribution in [-0.4, -0.2) is 30.2 Å². The van der Waals surface area contributed by atoms with Gasteiger partial charge < -0.3 is 20.5 Å². The van der Waals surface area contributed by atoms with E-state index in [0.717, 1.165) is 25.8 Å². The van der Waals surface area contributed by atoms with Crippen molar-refractivity contribution in [2.24, 2.45) is 0 Å². The number of ether oxygens (including phenoxy) is 1. The van der Waals surface area contributed by atoms with Gasteiger partial charge in [-0.25, -0.2) is 0 Å². The molecule has 5 heteroatoms. The van der Waals surface area contributed by atoms with Gasteiger partial charge in [0.25, 0.3) is 0 Å². The predicted octanol–water partition coefficient (Wildman–Crippen LogP) is 1.66. The zero-order chi connectivity index (χ0) is 14.4. The van der Waals surface area contributed by atoms with Crippen molar-refractivity contribution in [2.45, 2.75) is 38.8 Å². The number of hydrogen-bond acceptors (Lipinski definition) is 4. The number of benzene rings is 1. The third-order valence-electron chi connectivity index (χ3n) is 3.43. The van der Waals surface area contributed by atoms with Crippen LogP contribution in [0.25, 0.3) is 0 Å². The highest BCUT2D eigenvalue weighted by atomic mass is 16.5. The lowest BCUT2D eigenvalue weighted by molar-refractivity contribution is -0.118. The average molecular weight is 278 g/mol. The molecular formula is C15H22N2O3. The van der Waals surface area contributed by atoms with Gasteiger partial charge in [-0.1, -0.05) is 6.42 Å². The van der Waals surface area contributed by atoms with E-state index in [-0.39, 0.29) is 18.6 Å². The maximum Gasteiger partial charge on any atom is 0.241 e. The van der Waals surface area contributed by atoms with Gasteiger partial charge in [-0.2, -0.15) is 0 Å². The summed E-state index contributed by atoms with van der Waals surface area (Å²) in [5, 5.41) is 15.4. The molecule has 0 aromatic heterocycles. The Morgan fingerprint density at radius 1 is 1.50 bits per heavy atom. The van der Waals surface area contributed by atoms with Crippen molar-refractivity contribution in [1.29, 1.82) is 0 Å². The Morgan fingerprint density at radius 3 is 3.00 bits per heavy atom. The van der Waals surface area contributed by atoms with Crippen molar-refractivity contribution >= 4 is 11.6 Å². The molecule has 20 heavy (non-hydrogen) atoms. The van der Waals surface area contributed by atoms with E-state index in [2.05, 4.69) is 10.6 Å². The molecule has 0 bridgehead atoms. The molecular weight excluding hydrogens is 256 g/mol. The van der Waals surface area contributed by atoms with E-state index in [1.165, 1.54) is 0 Å². The van der Waals surface area contributed by atoms with Gasteiger partial charge in [-0.05, 0) is 44.5 Å². The Kier molecular flexibility index (Phi) is 5.38. The van der Waals surface area contributed by atoms with Crippen LogP contribution in [0.3, 0.4) is 0 Å². The molecule has 0 spiro atoms. The minimum Gasteiger partial charge on any atom is -0.494 e. The van der Waals surface area contributed by atoms with Crippen LogP contribution in [0.2, 0.25) is 0 Å². The molecule has 1 saturated heterocycles. The summed E-state index contributed by atoms with van der Waals surface area (Å²) in [7, 11) is 0. The van der Waals surface area contributed by atoms with Crippen LogP contribution in [0.1, 0.15) is 31.7 Å². The first kappa shape index (κ1) is 14.8. The number of hydrogen-bond donors (Lipinski definition) is 3. The van der Waals surface area contributed by atoms with Crippen LogP contribution in [0.4, 0.5) is 5.69 Å². The molecule has 1 aliphatic rings. The van der Waals surface area contributed by atoms with Crippen LogP contribution < -0.4 is 15.4 Å². The number of anilines is 1. The lowest BCUT2D eigenvalue weighted by Gasteiger charge is -2.22. The van der Waals surface area contributed by atoms with Crippen molar-refractivity contribution in [3.8, 4) is 5.75 Å². The Labute approximate surface area is 119 Å². The third kappa shape index (κ3) is 3.71. The Hall–Kier alpha value is -1.59. The highest BCUT2D eigenvalue weighted by Gasteiger charge is 2.20. The molecule has 1 atom stereocenters. The fourth-order valence-electron chi connectivity index (χ4n) is 2.38. The third-order valence-corrected chi connectivity index (χ3v) is 3.43. The van der Waals surface area contributed by atoms with Gasteiger partial charge in [0.15, 0.2) is 0 Å². The van der Waals surface area contributed by atoms with E-state index in [4.69, 9.17) is 4.74 Å². The maximum atomic E-state index is 12.1. The number of carbonyl (C=O) groups is 1. The summed E-state index contributed by atoms with van der Waals surface area (Å²) in [6.07, 6.45) is 3.08. The number of amides is 1. The van der Waals surface area contributed by atoms with Crippen molar-refractivity contribution in [2.75, 3.05) is 18.5 Å². The summed E-state index contributed by atoms with van der Waals surface area (Å²) in [6, 6.07) is 5.21. The van der Waals surface area contributed by atoms with Crippen LogP contribution in [0, 0.1) is 0 Å².